The van der Waals surface area contributed by atoms with Gasteiger partial charge in [-0.15, -0.1) is 0 Å². The molecular weight excluding hydrogens is 434 g/mol. The van der Waals surface area contributed by atoms with Crippen LogP contribution in [0, 0.1) is 0 Å². The normalized spacial score (nSPS) is 15.6. The average Bonchev–Trinajstić information content (AvgIpc) is 3.32. The molecule has 3 aromatic carbocycles. The largest absolute Gasteiger partial charge is 0.295 e. The number of aromatic nitrogens is 3. The second-order valence-corrected chi connectivity index (χ2v) is 9.21. The summed E-state index contributed by atoms with van der Waals surface area (Å²) in [5.41, 5.74) is 4.89. The van der Waals surface area contributed by atoms with Gasteiger partial charge in [0.15, 0.2) is 0 Å². The Balaban J connectivity index is 1.49. The van der Waals surface area contributed by atoms with Gasteiger partial charge >= 0.3 is 0 Å². The molecule has 0 amide bonds. The van der Waals surface area contributed by atoms with Crippen LogP contribution < -0.4 is 0 Å². The minimum atomic E-state index is -4.45. The van der Waals surface area contributed by atoms with E-state index in [0.717, 1.165) is 23.2 Å². The molecular formula is C26H21N3O3S. The van der Waals surface area contributed by atoms with Crippen LogP contribution in [-0.2, 0) is 10.1 Å². The Bertz CT molecular complexity index is 1470. The lowest BCUT2D eigenvalue weighted by molar-refractivity contribution is 0.483. The van der Waals surface area contributed by atoms with Crippen molar-refractivity contribution in [3.05, 3.63) is 113 Å². The summed E-state index contributed by atoms with van der Waals surface area (Å²) < 4.78 is 34.0. The first-order chi connectivity index (χ1) is 16.0. The number of hydrogen-bond acceptors (Lipinski definition) is 4. The van der Waals surface area contributed by atoms with E-state index in [9.17, 15) is 13.0 Å². The van der Waals surface area contributed by atoms with Crippen LogP contribution in [0.2, 0.25) is 0 Å². The topological polar surface area (TPSA) is 85.1 Å². The average molecular weight is 456 g/mol. The van der Waals surface area contributed by atoms with Gasteiger partial charge in [-0.25, -0.2) is 0 Å². The standard InChI is InChI=1S/C26H21N3O3S/c30-33(31,32)26-17-22(16-15-21(26)14-13-19-7-2-1-3-8-19)29-27-18-25(28-29)24-12-6-10-20-9-4-5-11-23(20)24/h1-11,13-18,24H,12H2,(H,30,31,32). The molecule has 5 rings (SSSR count). The predicted molar refractivity (Wildman–Crippen MR) is 128 cm³/mol. The highest BCUT2D eigenvalue weighted by Gasteiger charge is 2.22. The van der Waals surface area contributed by atoms with E-state index in [-0.39, 0.29) is 10.8 Å². The van der Waals surface area contributed by atoms with Crippen molar-refractivity contribution in [1.82, 2.24) is 15.0 Å². The molecule has 0 fully saturated rings. The van der Waals surface area contributed by atoms with Crippen LogP contribution >= 0.6 is 0 Å². The smallest absolute Gasteiger partial charge is 0.282 e. The number of fused-ring (bicyclic) bond motifs is 1. The summed E-state index contributed by atoms with van der Waals surface area (Å²) in [7, 11) is -4.45. The van der Waals surface area contributed by atoms with Crippen LogP contribution in [0.25, 0.3) is 23.9 Å². The van der Waals surface area contributed by atoms with E-state index >= 15 is 0 Å². The molecule has 33 heavy (non-hydrogen) atoms. The Morgan fingerprint density at radius 3 is 2.58 bits per heavy atom. The molecule has 7 heteroatoms. The summed E-state index contributed by atoms with van der Waals surface area (Å²) in [6, 6.07) is 22.5. The first-order valence-electron chi connectivity index (χ1n) is 10.5. The van der Waals surface area contributed by atoms with Crippen molar-refractivity contribution in [3.8, 4) is 5.69 Å². The summed E-state index contributed by atoms with van der Waals surface area (Å²) in [6.45, 7) is 0. The molecule has 1 aliphatic rings. The van der Waals surface area contributed by atoms with Gasteiger partial charge in [0, 0.05) is 5.92 Å². The zero-order valence-electron chi connectivity index (χ0n) is 17.6. The number of benzene rings is 3. The van der Waals surface area contributed by atoms with Gasteiger partial charge in [-0.3, -0.25) is 4.55 Å². The van der Waals surface area contributed by atoms with Gasteiger partial charge in [-0.1, -0.05) is 85.0 Å². The highest BCUT2D eigenvalue weighted by molar-refractivity contribution is 7.86. The first-order valence-corrected chi connectivity index (χ1v) is 12.0. The van der Waals surface area contributed by atoms with Crippen LogP contribution in [-0.4, -0.2) is 28.0 Å². The summed E-state index contributed by atoms with van der Waals surface area (Å²) in [5.74, 6) is 0.0778. The lowest BCUT2D eigenvalue weighted by Crippen LogP contribution is -2.08. The van der Waals surface area contributed by atoms with E-state index in [2.05, 4.69) is 34.5 Å². The molecule has 0 aliphatic heterocycles. The van der Waals surface area contributed by atoms with Crippen LogP contribution in [0.3, 0.4) is 0 Å². The Kier molecular flexibility index (Phi) is 5.50. The zero-order valence-corrected chi connectivity index (χ0v) is 18.4. The number of hydrogen-bond donors (Lipinski definition) is 1. The van der Waals surface area contributed by atoms with Crippen molar-refractivity contribution in [3.63, 3.8) is 0 Å². The second kappa shape index (κ2) is 8.61. The van der Waals surface area contributed by atoms with E-state index in [1.54, 1.807) is 30.5 Å². The maximum absolute atomic E-state index is 12.1. The maximum Gasteiger partial charge on any atom is 0.295 e. The molecule has 0 radical (unpaired) electrons. The molecule has 6 nitrogen and oxygen atoms in total. The van der Waals surface area contributed by atoms with Gasteiger partial charge in [0.05, 0.1) is 17.6 Å². The van der Waals surface area contributed by atoms with E-state index < -0.39 is 10.1 Å². The Morgan fingerprint density at radius 1 is 0.970 bits per heavy atom. The third kappa shape index (κ3) is 4.41. The summed E-state index contributed by atoms with van der Waals surface area (Å²) >= 11 is 0. The quantitative estimate of drug-likeness (QED) is 0.329. The molecule has 1 heterocycles. The molecule has 1 atom stereocenters. The SMILES string of the molecule is O=S(=O)(O)c1cc(-n2ncc(C3CC=Cc4ccccc43)n2)ccc1C=Cc1ccccc1. The lowest BCUT2D eigenvalue weighted by Gasteiger charge is -2.19. The van der Waals surface area contributed by atoms with Crippen LogP contribution in [0.5, 0.6) is 0 Å². The van der Waals surface area contributed by atoms with Gasteiger partial charge in [-0.05, 0) is 40.8 Å². The van der Waals surface area contributed by atoms with Gasteiger partial charge < -0.3 is 0 Å². The number of nitrogens with zero attached hydrogens (tertiary/aromatic N) is 3. The summed E-state index contributed by atoms with van der Waals surface area (Å²) in [6.07, 6.45) is 10.2. The van der Waals surface area contributed by atoms with Crippen molar-refractivity contribution in [2.24, 2.45) is 0 Å². The van der Waals surface area contributed by atoms with Crippen LogP contribution in [0.1, 0.15) is 40.3 Å². The summed E-state index contributed by atoms with van der Waals surface area (Å²) in [4.78, 5) is 1.20. The second-order valence-electron chi connectivity index (χ2n) is 7.82. The number of rotatable bonds is 5. The highest BCUT2D eigenvalue weighted by atomic mass is 32.2. The summed E-state index contributed by atoms with van der Waals surface area (Å²) in [5, 5.41) is 8.99. The minimum absolute atomic E-state index is 0.0778. The third-order valence-corrected chi connectivity index (χ3v) is 6.58. The van der Waals surface area contributed by atoms with Crippen molar-refractivity contribution in [2.45, 2.75) is 17.2 Å². The Hall–Kier alpha value is -3.81. The van der Waals surface area contributed by atoms with E-state index in [4.69, 9.17) is 0 Å². The lowest BCUT2D eigenvalue weighted by atomic mass is 9.85. The molecule has 1 aliphatic carbocycles. The third-order valence-electron chi connectivity index (χ3n) is 5.67. The van der Waals surface area contributed by atoms with Gasteiger partial charge in [-0.2, -0.15) is 23.4 Å². The fourth-order valence-electron chi connectivity index (χ4n) is 4.04. The van der Waals surface area contributed by atoms with E-state index in [1.807, 2.05) is 42.5 Å². The molecule has 1 N–H and O–H groups in total. The van der Waals surface area contributed by atoms with Crippen molar-refractivity contribution in [2.75, 3.05) is 0 Å². The Morgan fingerprint density at radius 2 is 1.76 bits per heavy atom. The maximum atomic E-state index is 12.1. The van der Waals surface area contributed by atoms with Crippen molar-refractivity contribution in [1.29, 1.82) is 0 Å². The van der Waals surface area contributed by atoms with Gasteiger partial charge in [0.1, 0.15) is 4.90 Å². The van der Waals surface area contributed by atoms with Crippen molar-refractivity contribution < 1.29 is 13.0 Å². The van der Waals surface area contributed by atoms with Crippen LogP contribution in [0.4, 0.5) is 0 Å². The molecule has 0 saturated heterocycles. The molecule has 0 saturated carbocycles. The molecule has 1 unspecified atom stereocenters. The monoisotopic (exact) mass is 455 g/mol. The van der Waals surface area contributed by atoms with Gasteiger partial charge in [0.2, 0.25) is 0 Å². The first kappa shape index (κ1) is 21.1. The van der Waals surface area contributed by atoms with Crippen LogP contribution in [0.15, 0.2) is 90.0 Å². The molecule has 0 bridgehead atoms. The molecule has 4 aromatic rings. The minimum Gasteiger partial charge on any atom is -0.282 e. The Labute approximate surface area is 192 Å². The van der Waals surface area contributed by atoms with E-state index in [0.29, 0.717) is 11.3 Å². The fraction of sp³-hybridized carbons (Fsp3) is 0.0769. The fourth-order valence-corrected chi connectivity index (χ4v) is 4.74. The molecule has 1 aromatic heterocycles. The van der Waals surface area contributed by atoms with Gasteiger partial charge in [0.25, 0.3) is 10.1 Å². The highest BCUT2D eigenvalue weighted by Crippen LogP contribution is 2.34. The molecule has 164 valence electrons. The van der Waals surface area contributed by atoms with Crippen molar-refractivity contribution >= 4 is 28.3 Å². The predicted octanol–water partition coefficient (Wildman–Crippen LogP) is 5.23. The number of allylic oxidation sites excluding steroid dienone is 1. The molecule has 0 spiro atoms. The zero-order chi connectivity index (χ0) is 22.8. The van der Waals surface area contributed by atoms with E-state index in [1.165, 1.54) is 16.4 Å².